The third-order valence-corrected chi connectivity index (χ3v) is 2.91. The summed E-state index contributed by atoms with van der Waals surface area (Å²) in [4.78, 5) is 25.5. The second-order valence-corrected chi connectivity index (χ2v) is 4.13. The molecular formula is C13H13N3O5. The number of aryl methyl sites for hydroxylation is 1. The van der Waals surface area contributed by atoms with E-state index < -0.39 is 10.9 Å². The van der Waals surface area contributed by atoms with Crippen molar-refractivity contribution in [3.63, 3.8) is 0 Å². The Labute approximate surface area is 119 Å². The van der Waals surface area contributed by atoms with Gasteiger partial charge in [0.15, 0.2) is 0 Å². The number of nitro groups is 1. The van der Waals surface area contributed by atoms with Crippen molar-refractivity contribution in [2.45, 2.75) is 20.1 Å². The fraction of sp³-hybridized carbons (Fsp3) is 0.231. The van der Waals surface area contributed by atoms with Crippen LogP contribution in [0.5, 0.6) is 5.75 Å². The smallest absolute Gasteiger partial charge is 0.339 e. The van der Waals surface area contributed by atoms with E-state index in [0.29, 0.717) is 12.4 Å². The molecule has 0 aliphatic carbocycles. The van der Waals surface area contributed by atoms with Crippen molar-refractivity contribution in [3.05, 3.63) is 52.1 Å². The molecule has 2 rings (SSSR count). The monoisotopic (exact) mass is 291 g/mol. The van der Waals surface area contributed by atoms with E-state index in [1.807, 2.05) is 6.92 Å². The number of hydrogen-bond donors (Lipinski definition) is 1. The molecule has 0 saturated heterocycles. The molecule has 0 fully saturated rings. The highest BCUT2D eigenvalue weighted by atomic mass is 16.6. The van der Waals surface area contributed by atoms with Crippen LogP contribution in [0.25, 0.3) is 0 Å². The number of benzene rings is 1. The van der Waals surface area contributed by atoms with Gasteiger partial charge in [-0.25, -0.2) is 9.78 Å². The Balaban J connectivity index is 2.34. The van der Waals surface area contributed by atoms with Crippen LogP contribution in [-0.4, -0.2) is 25.6 Å². The van der Waals surface area contributed by atoms with Gasteiger partial charge in [0.2, 0.25) is 5.75 Å². The van der Waals surface area contributed by atoms with Crippen molar-refractivity contribution in [2.75, 3.05) is 0 Å². The molecule has 1 heterocycles. The number of carboxylic acid groups (broad SMARTS) is 1. The lowest BCUT2D eigenvalue weighted by atomic mass is 10.2. The quantitative estimate of drug-likeness (QED) is 0.645. The molecule has 0 spiro atoms. The summed E-state index contributed by atoms with van der Waals surface area (Å²) in [7, 11) is 0. The Morgan fingerprint density at radius 3 is 2.90 bits per heavy atom. The molecule has 21 heavy (non-hydrogen) atoms. The molecule has 8 nitrogen and oxygen atoms in total. The second-order valence-electron chi connectivity index (χ2n) is 4.13. The van der Waals surface area contributed by atoms with E-state index >= 15 is 0 Å². The number of nitro benzene ring substituents is 1. The van der Waals surface area contributed by atoms with E-state index in [1.165, 1.54) is 18.2 Å². The largest absolute Gasteiger partial charge is 0.478 e. The molecule has 0 atom stereocenters. The summed E-state index contributed by atoms with van der Waals surface area (Å²) in [6.45, 7) is 2.53. The molecule has 2 aromatic rings. The summed E-state index contributed by atoms with van der Waals surface area (Å²) < 4.78 is 7.17. The van der Waals surface area contributed by atoms with Crippen molar-refractivity contribution in [1.29, 1.82) is 0 Å². The molecule has 0 bridgehead atoms. The van der Waals surface area contributed by atoms with Crippen LogP contribution < -0.4 is 4.74 Å². The third-order valence-electron chi connectivity index (χ3n) is 2.91. The van der Waals surface area contributed by atoms with Crippen molar-refractivity contribution in [2.24, 2.45) is 0 Å². The first-order valence-corrected chi connectivity index (χ1v) is 6.18. The zero-order valence-corrected chi connectivity index (χ0v) is 11.2. The summed E-state index contributed by atoms with van der Waals surface area (Å²) >= 11 is 0. The number of carbonyl (C=O) groups is 1. The summed E-state index contributed by atoms with van der Waals surface area (Å²) in [6.07, 6.45) is 3.33. The first-order valence-electron chi connectivity index (χ1n) is 6.18. The lowest BCUT2D eigenvalue weighted by molar-refractivity contribution is -0.386. The highest BCUT2D eigenvalue weighted by molar-refractivity contribution is 5.92. The lowest BCUT2D eigenvalue weighted by Crippen LogP contribution is -2.09. The molecule has 0 saturated carbocycles. The van der Waals surface area contributed by atoms with Crippen molar-refractivity contribution < 1.29 is 19.6 Å². The van der Waals surface area contributed by atoms with E-state index in [1.54, 1.807) is 17.0 Å². The maximum Gasteiger partial charge on any atom is 0.339 e. The minimum atomic E-state index is -1.28. The molecule has 8 heteroatoms. The zero-order chi connectivity index (χ0) is 15.4. The van der Waals surface area contributed by atoms with Crippen molar-refractivity contribution in [3.8, 4) is 5.75 Å². The average Bonchev–Trinajstić information content (AvgIpc) is 2.91. The number of ether oxygens (including phenoxy) is 1. The fourth-order valence-electron chi connectivity index (χ4n) is 1.89. The van der Waals surface area contributed by atoms with Gasteiger partial charge >= 0.3 is 11.7 Å². The lowest BCUT2D eigenvalue weighted by Gasteiger charge is -2.10. The van der Waals surface area contributed by atoms with E-state index in [0.717, 1.165) is 0 Å². The first kappa shape index (κ1) is 14.5. The number of para-hydroxylation sites is 1. The van der Waals surface area contributed by atoms with Crippen LogP contribution in [-0.2, 0) is 13.2 Å². The Kier molecular flexibility index (Phi) is 4.17. The molecule has 0 radical (unpaired) electrons. The van der Waals surface area contributed by atoms with Crippen LogP contribution in [0.4, 0.5) is 5.69 Å². The van der Waals surface area contributed by atoms with E-state index in [2.05, 4.69) is 4.98 Å². The number of aromatic carboxylic acids is 1. The second kappa shape index (κ2) is 6.04. The van der Waals surface area contributed by atoms with Crippen LogP contribution in [0.1, 0.15) is 23.1 Å². The summed E-state index contributed by atoms with van der Waals surface area (Å²) in [5, 5.41) is 20.1. The fourth-order valence-corrected chi connectivity index (χ4v) is 1.89. The number of hydrogen-bond acceptors (Lipinski definition) is 5. The number of rotatable bonds is 6. The predicted molar refractivity (Wildman–Crippen MR) is 72.3 cm³/mol. The van der Waals surface area contributed by atoms with E-state index in [-0.39, 0.29) is 23.6 Å². The van der Waals surface area contributed by atoms with Gasteiger partial charge in [-0.05, 0) is 13.0 Å². The summed E-state index contributed by atoms with van der Waals surface area (Å²) in [5.41, 5.74) is -0.636. The van der Waals surface area contributed by atoms with Gasteiger partial charge in [0.25, 0.3) is 0 Å². The topological polar surface area (TPSA) is 107 Å². The van der Waals surface area contributed by atoms with Crippen molar-refractivity contribution in [1.82, 2.24) is 9.55 Å². The molecular weight excluding hydrogens is 278 g/mol. The predicted octanol–water partition coefficient (Wildman–Crippen LogP) is 2.09. The Morgan fingerprint density at radius 1 is 1.52 bits per heavy atom. The van der Waals surface area contributed by atoms with Crippen LogP contribution >= 0.6 is 0 Å². The standard InChI is InChI=1S/C13H13N3O5/c1-2-15-7-6-14-11(15)8-21-12-9(13(17)18)4-3-5-10(12)16(19)20/h3-7H,2,8H2,1H3,(H,17,18). The van der Waals surface area contributed by atoms with Crippen LogP contribution in [0, 0.1) is 10.1 Å². The number of imidazole rings is 1. The first-order chi connectivity index (χ1) is 10.0. The van der Waals surface area contributed by atoms with Gasteiger partial charge in [0.1, 0.15) is 18.0 Å². The maximum atomic E-state index is 11.2. The van der Waals surface area contributed by atoms with Gasteiger partial charge in [-0.1, -0.05) is 6.07 Å². The van der Waals surface area contributed by atoms with E-state index in [9.17, 15) is 14.9 Å². The Hall–Kier alpha value is -2.90. The minimum Gasteiger partial charge on any atom is -0.478 e. The third kappa shape index (κ3) is 2.99. The van der Waals surface area contributed by atoms with Crippen LogP contribution in [0.2, 0.25) is 0 Å². The Morgan fingerprint density at radius 2 is 2.29 bits per heavy atom. The molecule has 110 valence electrons. The highest BCUT2D eigenvalue weighted by Crippen LogP contribution is 2.31. The highest BCUT2D eigenvalue weighted by Gasteiger charge is 2.23. The maximum absolute atomic E-state index is 11.2. The molecule has 0 unspecified atom stereocenters. The van der Waals surface area contributed by atoms with Gasteiger partial charge in [-0.15, -0.1) is 0 Å². The van der Waals surface area contributed by atoms with Gasteiger partial charge in [-0.2, -0.15) is 0 Å². The normalized spacial score (nSPS) is 10.3. The number of nitrogens with zero attached hydrogens (tertiary/aromatic N) is 3. The number of aromatic nitrogens is 2. The van der Waals surface area contributed by atoms with E-state index in [4.69, 9.17) is 9.84 Å². The molecule has 1 aromatic heterocycles. The van der Waals surface area contributed by atoms with Crippen LogP contribution in [0.3, 0.4) is 0 Å². The summed E-state index contributed by atoms with van der Waals surface area (Å²) in [5.74, 6) is -0.986. The molecule has 1 aromatic carbocycles. The van der Waals surface area contributed by atoms with Gasteiger partial charge in [-0.3, -0.25) is 10.1 Å². The van der Waals surface area contributed by atoms with Crippen LogP contribution in [0.15, 0.2) is 30.6 Å². The van der Waals surface area contributed by atoms with Gasteiger partial charge < -0.3 is 14.4 Å². The molecule has 1 N–H and O–H groups in total. The molecule has 0 aliphatic rings. The SMILES string of the molecule is CCn1ccnc1COc1c(C(=O)O)cccc1[N+](=O)[O-]. The Bertz CT molecular complexity index is 648. The summed E-state index contributed by atoms with van der Waals surface area (Å²) in [6, 6.07) is 3.77. The number of carboxylic acids is 1. The molecule has 0 aliphatic heterocycles. The van der Waals surface area contributed by atoms with Gasteiger partial charge in [0, 0.05) is 25.0 Å². The van der Waals surface area contributed by atoms with Gasteiger partial charge in [0.05, 0.1) is 4.92 Å². The molecule has 0 amide bonds. The van der Waals surface area contributed by atoms with Crippen molar-refractivity contribution >= 4 is 11.7 Å². The zero-order valence-electron chi connectivity index (χ0n) is 11.2. The average molecular weight is 291 g/mol. The minimum absolute atomic E-state index is 0.0496.